The molecule has 1 aromatic heterocycles. The van der Waals surface area contributed by atoms with Gasteiger partial charge in [-0.2, -0.15) is 4.57 Å². The van der Waals surface area contributed by atoms with Crippen molar-refractivity contribution in [3.8, 4) is 5.69 Å². The molecule has 0 saturated carbocycles. The third-order valence-electron chi connectivity index (χ3n) is 3.79. The van der Waals surface area contributed by atoms with Crippen LogP contribution in [0.4, 0.5) is 0 Å². The van der Waals surface area contributed by atoms with E-state index in [1.807, 2.05) is 13.0 Å². The van der Waals surface area contributed by atoms with Crippen LogP contribution in [-0.4, -0.2) is 4.57 Å². The Balaban J connectivity index is 2.32. The minimum absolute atomic E-state index is 0.682. The van der Waals surface area contributed by atoms with E-state index < -0.39 is 6.02 Å². The van der Waals surface area contributed by atoms with Gasteiger partial charge >= 0.3 is 0 Å². The molecule has 3 rings (SSSR count). The highest BCUT2D eigenvalue weighted by Gasteiger charge is 2.30. The van der Waals surface area contributed by atoms with Gasteiger partial charge in [0.25, 0.3) is 5.82 Å². The van der Waals surface area contributed by atoms with Crippen molar-refractivity contribution >= 4 is 6.08 Å². The van der Waals surface area contributed by atoms with E-state index in [4.69, 9.17) is 1.37 Å². The zero-order valence-corrected chi connectivity index (χ0v) is 11.4. The average Bonchev–Trinajstić information content (AvgIpc) is 2.79. The largest absolute Gasteiger partial charge is 0.259 e. The quantitative estimate of drug-likeness (QED) is 0.676. The Hall–Kier alpha value is -1.83. The Labute approximate surface area is 110 Å². The standard InChI is InChI=1S/C16H19N2/c1-11-7-5-6-8-15(11)18-13(3)16-10-9-12(2)17(16)14(18)4/h5-10,12H,1-4H3/q+1/i12D. The van der Waals surface area contributed by atoms with Gasteiger partial charge < -0.3 is 0 Å². The number of aryl methyl sites for hydroxylation is 1. The van der Waals surface area contributed by atoms with Crippen LogP contribution < -0.4 is 4.57 Å². The first-order valence-electron chi connectivity index (χ1n) is 6.83. The Morgan fingerprint density at radius 1 is 1.22 bits per heavy atom. The second-order valence-electron chi connectivity index (χ2n) is 4.95. The Morgan fingerprint density at radius 3 is 2.61 bits per heavy atom. The second-order valence-corrected chi connectivity index (χ2v) is 4.95. The predicted octanol–water partition coefficient (Wildman–Crippen LogP) is 3.28. The molecule has 0 saturated heterocycles. The fourth-order valence-corrected chi connectivity index (χ4v) is 2.88. The topological polar surface area (TPSA) is 8.81 Å². The van der Waals surface area contributed by atoms with Crippen LogP contribution in [0.2, 0.25) is 0 Å². The zero-order chi connectivity index (χ0) is 13.8. The lowest BCUT2D eigenvalue weighted by molar-refractivity contribution is -0.711. The summed E-state index contributed by atoms with van der Waals surface area (Å²) in [5.41, 5.74) is 4.78. The van der Waals surface area contributed by atoms with E-state index >= 15 is 0 Å². The van der Waals surface area contributed by atoms with Gasteiger partial charge in [0.05, 0.1) is 1.37 Å². The highest BCUT2D eigenvalue weighted by molar-refractivity contribution is 5.51. The summed E-state index contributed by atoms with van der Waals surface area (Å²) in [5, 5.41) is 0. The fourth-order valence-electron chi connectivity index (χ4n) is 2.88. The molecule has 1 unspecified atom stereocenters. The van der Waals surface area contributed by atoms with Crippen molar-refractivity contribution in [3.05, 3.63) is 53.1 Å². The molecule has 1 aromatic carbocycles. The van der Waals surface area contributed by atoms with E-state index in [1.165, 1.54) is 16.9 Å². The van der Waals surface area contributed by atoms with Crippen LogP contribution in [0, 0.1) is 20.8 Å². The monoisotopic (exact) mass is 240 g/mol. The van der Waals surface area contributed by atoms with E-state index in [9.17, 15) is 0 Å². The van der Waals surface area contributed by atoms with E-state index in [0.29, 0.717) is 0 Å². The molecule has 18 heavy (non-hydrogen) atoms. The Bertz CT molecular complexity index is 693. The molecule has 0 aliphatic carbocycles. The summed E-state index contributed by atoms with van der Waals surface area (Å²) in [4.78, 5) is 0. The van der Waals surface area contributed by atoms with Gasteiger partial charge in [0.15, 0.2) is 11.4 Å². The fraction of sp³-hybridized carbons (Fsp3) is 0.312. The molecule has 1 aliphatic rings. The van der Waals surface area contributed by atoms with Gasteiger partial charge in [-0.05, 0) is 37.6 Å². The van der Waals surface area contributed by atoms with Gasteiger partial charge in [0.1, 0.15) is 11.7 Å². The van der Waals surface area contributed by atoms with E-state index in [-0.39, 0.29) is 0 Å². The first-order valence-corrected chi connectivity index (χ1v) is 6.33. The molecular weight excluding hydrogens is 220 g/mol. The van der Waals surface area contributed by atoms with Crippen molar-refractivity contribution in [1.82, 2.24) is 4.57 Å². The zero-order valence-electron chi connectivity index (χ0n) is 12.4. The maximum absolute atomic E-state index is 8.40. The maximum Gasteiger partial charge on any atom is 0.259 e. The number of imidazole rings is 1. The van der Waals surface area contributed by atoms with Crippen molar-refractivity contribution in [1.29, 1.82) is 0 Å². The molecule has 0 N–H and O–H groups in total. The number of hydrogen-bond donors (Lipinski definition) is 0. The number of benzene rings is 1. The van der Waals surface area contributed by atoms with Crippen LogP contribution >= 0.6 is 0 Å². The molecule has 2 nitrogen and oxygen atoms in total. The molecule has 2 heterocycles. The lowest BCUT2D eigenvalue weighted by atomic mass is 10.2. The van der Waals surface area contributed by atoms with Crippen molar-refractivity contribution in [2.75, 3.05) is 0 Å². The van der Waals surface area contributed by atoms with Gasteiger partial charge in [-0.3, -0.25) is 0 Å². The molecule has 2 heteroatoms. The van der Waals surface area contributed by atoms with Gasteiger partial charge in [-0.15, -0.1) is 0 Å². The molecular formula is C16H19N2+. The number of fused-ring (bicyclic) bond motifs is 1. The van der Waals surface area contributed by atoms with Gasteiger partial charge in [-0.25, -0.2) is 4.57 Å². The summed E-state index contributed by atoms with van der Waals surface area (Å²) in [6.45, 7) is 8.26. The number of aromatic nitrogens is 2. The molecule has 1 atom stereocenters. The smallest absolute Gasteiger partial charge is 0.221 e. The number of nitrogens with zero attached hydrogens (tertiary/aromatic N) is 2. The third kappa shape index (κ3) is 1.38. The summed E-state index contributed by atoms with van der Waals surface area (Å²) in [5.74, 6) is 1.10. The van der Waals surface area contributed by atoms with Gasteiger partial charge in [0, 0.05) is 13.8 Å². The van der Waals surface area contributed by atoms with Crippen LogP contribution in [0.1, 0.15) is 37.1 Å². The first kappa shape index (κ1) is 10.1. The maximum atomic E-state index is 8.40. The van der Waals surface area contributed by atoms with Crippen LogP contribution in [0.3, 0.4) is 0 Å². The summed E-state index contributed by atoms with van der Waals surface area (Å²) >= 11 is 0. The Morgan fingerprint density at radius 2 is 1.94 bits per heavy atom. The highest BCUT2D eigenvalue weighted by atomic mass is 15.2. The minimum Gasteiger partial charge on any atom is -0.221 e. The van der Waals surface area contributed by atoms with Crippen LogP contribution in [-0.2, 0) is 0 Å². The summed E-state index contributed by atoms with van der Waals surface area (Å²) in [6, 6.07) is 7.70. The lowest BCUT2D eigenvalue weighted by Gasteiger charge is -2.06. The van der Waals surface area contributed by atoms with Crippen LogP contribution in [0.15, 0.2) is 30.3 Å². The number of rotatable bonds is 1. The van der Waals surface area contributed by atoms with Gasteiger partial charge in [0.2, 0.25) is 0 Å². The number of hydrogen-bond acceptors (Lipinski definition) is 0. The molecule has 0 radical (unpaired) electrons. The Kier molecular flexibility index (Phi) is 2.16. The van der Waals surface area contributed by atoms with E-state index in [1.54, 1.807) is 0 Å². The third-order valence-corrected chi connectivity index (χ3v) is 3.79. The van der Waals surface area contributed by atoms with Crippen LogP contribution in [0.5, 0.6) is 0 Å². The number of allylic oxidation sites excluding steroid dienone is 1. The molecule has 1 aliphatic heterocycles. The normalized spacial score (nSPS) is 22.1. The SMILES string of the molecule is [2H]C1(C)C=Cc2c(C)n(-c3ccccc3C)c(C)[n+]21. The van der Waals surface area contributed by atoms with Crippen molar-refractivity contribution in [2.45, 2.75) is 33.7 Å². The number of para-hydroxylation sites is 1. The molecule has 92 valence electrons. The molecule has 0 amide bonds. The van der Waals surface area contributed by atoms with Crippen molar-refractivity contribution in [3.63, 3.8) is 0 Å². The van der Waals surface area contributed by atoms with Crippen molar-refractivity contribution < 1.29 is 5.94 Å². The predicted molar refractivity (Wildman–Crippen MR) is 73.9 cm³/mol. The summed E-state index contributed by atoms with van der Waals surface area (Å²) in [7, 11) is 0. The minimum atomic E-state index is -0.682. The summed E-state index contributed by atoms with van der Waals surface area (Å²) < 4.78 is 12.7. The average molecular weight is 240 g/mol. The molecule has 0 bridgehead atoms. The second kappa shape index (κ2) is 3.84. The lowest BCUT2D eigenvalue weighted by Crippen LogP contribution is -2.38. The van der Waals surface area contributed by atoms with Crippen molar-refractivity contribution in [2.24, 2.45) is 0 Å². The molecule has 2 aromatic rings. The van der Waals surface area contributed by atoms with Gasteiger partial charge in [-0.1, -0.05) is 18.2 Å². The molecule has 0 spiro atoms. The highest BCUT2D eigenvalue weighted by Crippen LogP contribution is 2.25. The van der Waals surface area contributed by atoms with E-state index in [0.717, 1.165) is 11.5 Å². The van der Waals surface area contributed by atoms with E-state index in [2.05, 4.69) is 60.2 Å². The first-order chi connectivity index (χ1) is 8.93. The molecule has 0 fully saturated rings. The van der Waals surface area contributed by atoms with Crippen LogP contribution in [0.25, 0.3) is 11.8 Å². The summed E-state index contributed by atoms with van der Waals surface area (Å²) in [6.07, 6.45) is 4.01.